The van der Waals surface area contributed by atoms with E-state index in [1.807, 2.05) is 9.80 Å². The molecule has 0 unspecified atom stereocenters. The number of piperidine rings is 1. The monoisotopic (exact) mass is 439 g/mol. The molecule has 2 amide bonds. The topological polar surface area (TPSA) is 68.4 Å². The maximum Gasteiger partial charge on any atom is 0.410 e. The first kappa shape index (κ1) is 25.2. The summed E-state index contributed by atoms with van der Waals surface area (Å²) in [5, 5.41) is 2.90. The Labute approximate surface area is 180 Å². The Hall–Kier alpha value is -0.800. The molecule has 3 saturated heterocycles. The van der Waals surface area contributed by atoms with E-state index in [0.717, 1.165) is 58.7 Å². The third kappa shape index (κ3) is 6.10. The third-order valence-electron chi connectivity index (χ3n) is 5.99. The van der Waals surface area contributed by atoms with Gasteiger partial charge in [-0.3, -0.25) is 9.69 Å². The maximum atomic E-state index is 12.3. The fourth-order valence-corrected chi connectivity index (χ4v) is 4.14. The van der Waals surface area contributed by atoms with Crippen molar-refractivity contribution in [1.29, 1.82) is 0 Å². The molecular weight excluding hydrogens is 405 g/mol. The lowest BCUT2D eigenvalue weighted by molar-refractivity contribution is -0.133. The number of rotatable bonds is 6. The van der Waals surface area contributed by atoms with Gasteiger partial charge in [-0.1, -0.05) is 6.92 Å². The molecule has 3 heterocycles. The zero-order chi connectivity index (χ0) is 18.6. The highest BCUT2D eigenvalue weighted by Crippen LogP contribution is 2.33. The minimum Gasteiger partial charge on any atom is -0.441 e. The highest BCUT2D eigenvalue weighted by molar-refractivity contribution is 5.85. The summed E-state index contributed by atoms with van der Waals surface area (Å²) in [6.45, 7) is 11.7. The molecule has 0 aromatic carbocycles. The minimum absolute atomic E-state index is 0. The second kappa shape index (κ2) is 11.4. The van der Waals surface area contributed by atoms with Crippen LogP contribution in [0.15, 0.2) is 0 Å². The van der Waals surface area contributed by atoms with Crippen LogP contribution in [-0.2, 0) is 9.53 Å². The van der Waals surface area contributed by atoms with Crippen molar-refractivity contribution in [2.24, 2.45) is 0 Å². The number of hydrogen-bond acceptors (Lipinski definition) is 6. The zero-order valence-electron chi connectivity index (χ0n) is 17.0. The van der Waals surface area contributed by atoms with Crippen LogP contribution in [0, 0.1) is 0 Å². The lowest BCUT2D eigenvalue weighted by Crippen LogP contribution is -2.51. The summed E-state index contributed by atoms with van der Waals surface area (Å²) in [5.74, 6) is 0.120. The normalized spacial score (nSPS) is 22.6. The first-order valence-electron chi connectivity index (χ1n) is 9.90. The van der Waals surface area contributed by atoms with Gasteiger partial charge in [-0.25, -0.2) is 4.79 Å². The van der Waals surface area contributed by atoms with Crippen molar-refractivity contribution in [3.8, 4) is 0 Å². The Balaban J connectivity index is 0.00000196. The van der Waals surface area contributed by atoms with Gasteiger partial charge in [0, 0.05) is 65.2 Å². The molecule has 28 heavy (non-hydrogen) atoms. The van der Waals surface area contributed by atoms with E-state index < -0.39 is 5.60 Å². The molecule has 0 saturated carbocycles. The maximum absolute atomic E-state index is 12.3. The van der Waals surface area contributed by atoms with Crippen molar-refractivity contribution in [3.63, 3.8) is 0 Å². The van der Waals surface area contributed by atoms with E-state index in [0.29, 0.717) is 26.2 Å². The first-order valence-corrected chi connectivity index (χ1v) is 9.90. The van der Waals surface area contributed by atoms with Crippen LogP contribution in [0.5, 0.6) is 0 Å². The molecule has 0 atom stereocenters. The number of nitrogens with zero attached hydrogens (tertiary/aromatic N) is 4. The number of ether oxygens (including phenoxy) is 1. The van der Waals surface area contributed by atoms with E-state index in [9.17, 15) is 9.59 Å². The summed E-state index contributed by atoms with van der Waals surface area (Å²) in [5.41, 5.74) is -0.394. The Bertz CT molecular complexity index is 509. The molecule has 8 nitrogen and oxygen atoms in total. The SMILES string of the molecule is CCN1CCN(CCN2CC3(CCN(C(=O)CNC)CC3)OC2=O)CC1.Cl.Cl. The van der Waals surface area contributed by atoms with Crippen molar-refractivity contribution in [2.75, 3.05) is 79.0 Å². The molecule has 1 N–H and O–H groups in total. The second-order valence-electron chi connectivity index (χ2n) is 7.66. The molecule has 164 valence electrons. The van der Waals surface area contributed by atoms with Crippen molar-refractivity contribution >= 4 is 36.8 Å². The molecule has 0 aromatic heterocycles. The van der Waals surface area contributed by atoms with Gasteiger partial charge in [0.2, 0.25) is 5.91 Å². The molecule has 1 spiro atoms. The van der Waals surface area contributed by atoms with Crippen molar-refractivity contribution in [2.45, 2.75) is 25.4 Å². The number of amides is 2. The molecule has 0 bridgehead atoms. The number of piperazine rings is 1. The van der Waals surface area contributed by atoms with Gasteiger partial charge in [0.1, 0.15) is 5.60 Å². The minimum atomic E-state index is -0.394. The molecular formula is C18H35Cl2N5O3. The first-order chi connectivity index (χ1) is 12.5. The molecule has 3 aliphatic heterocycles. The molecule has 10 heteroatoms. The van der Waals surface area contributed by atoms with Gasteiger partial charge >= 0.3 is 6.09 Å². The smallest absolute Gasteiger partial charge is 0.410 e. The standard InChI is InChI=1S/C18H33N5O3.2ClH/c1-3-20-8-10-21(11-9-20)12-13-23-15-18(26-17(23)25)4-6-22(7-5-18)16(24)14-19-2;;/h19H,3-15H2,1-2H3;2*1H. The second-order valence-corrected chi connectivity index (χ2v) is 7.66. The number of likely N-dealkylation sites (tertiary alicyclic amines) is 1. The number of halogens is 2. The van der Waals surface area contributed by atoms with Crippen molar-refractivity contribution < 1.29 is 14.3 Å². The van der Waals surface area contributed by atoms with Crippen LogP contribution in [0.3, 0.4) is 0 Å². The summed E-state index contributed by atoms with van der Waals surface area (Å²) in [7, 11) is 1.78. The highest BCUT2D eigenvalue weighted by Gasteiger charge is 2.47. The predicted octanol–water partition coefficient (Wildman–Crippen LogP) is 0.500. The summed E-state index contributed by atoms with van der Waals surface area (Å²) >= 11 is 0. The number of nitrogens with one attached hydrogen (secondary N) is 1. The van der Waals surface area contributed by atoms with Crippen LogP contribution >= 0.6 is 24.8 Å². The number of hydrogen-bond donors (Lipinski definition) is 1. The predicted molar refractivity (Wildman–Crippen MR) is 114 cm³/mol. The van der Waals surface area contributed by atoms with Crippen LogP contribution in [-0.4, -0.2) is 116 Å². The summed E-state index contributed by atoms with van der Waals surface area (Å²) in [4.78, 5) is 32.9. The fraction of sp³-hybridized carbons (Fsp3) is 0.889. The van der Waals surface area contributed by atoms with Crippen LogP contribution < -0.4 is 5.32 Å². The lowest BCUT2D eigenvalue weighted by atomic mass is 9.91. The van der Waals surface area contributed by atoms with E-state index in [2.05, 4.69) is 22.0 Å². The third-order valence-corrected chi connectivity index (χ3v) is 5.99. The van der Waals surface area contributed by atoms with Crippen LogP contribution in [0.1, 0.15) is 19.8 Å². The largest absolute Gasteiger partial charge is 0.441 e. The van der Waals surface area contributed by atoms with Gasteiger partial charge in [-0.15, -0.1) is 24.8 Å². The molecule has 3 fully saturated rings. The Morgan fingerprint density at radius 2 is 1.64 bits per heavy atom. The quantitative estimate of drug-likeness (QED) is 0.649. The van der Waals surface area contributed by atoms with E-state index in [-0.39, 0.29) is 36.8 Å². The number of carbonyl (C=O) groups is 2. The van der Waals surface area contributed by atoms with Gasteiger partial charge in [-0.2, -0.15) is 0 Å². The average molecular weight is 440 g/mol. The van der Waals surface area contributed by atoms with Gasteiger partial charge in [0.25, 0.3) is 0 Å². The average Bonchev–Trinajstić information content (AvgIpc) is 2.96. The Morgan fingerprint density at radius 3 is 2.21 bits per heavy atom. The lowest BCUT2D eigenvalue weighted by Gasteiger charge is -2.37. The Kier molecular flexibility index (Phi) is 10.3. The van der Waals surface area contributed by atoms with E-state index in [1.165, 1.54) is 0 Å². The van der Waals surface area contributed by atoms with Crippen LogP contribution in [0.4, 0.5) is 4.79 Å². The number of likely N-dealkylation sites (N-methyl/N-ethyl adjacent to an activating group) is 2. The van der Waals surface area contributed by atoms with Gasteiger partial charge in [0.05, 0.1) is 13.1 Å². The van der Waals surface area contributed by atoms with Gasteiger partial charge < -0.3 is 24.8 Å². The molecule has 0 aromatic rings. The van der Waals surface area contributed by atoms with Crippen LogP contribution in [0.25, 0.3) is 0 Å². The molecule has 3 rings (SSSR count). The summed E-state index contributed by atoms with van der Waals surface area (Å²) < 4.78 is 5.77. The summed E-state index contributed by atoms with van der Waals surface area (Å²) in [6.07, 6.45) is 1.28. The van der Waals surface area contributed by atoms with Crippen LogP contribution in [0.2, 0.25) is 0 Å². The van der Waals surface area contributed by atoms with Crippen molar-refractivity contribution in [3.05, 3.63) is 0 Å². The molecule has 3 aliphatic rings. The highest BCUT2D eigenvalue weighted by atomic mass is 35.5. The zero-order valence-corrected chi connectivity index (χ0v) is 18.7. The van der Waals surface area contributed by atoms with Crippen molar-refractivity contribution in [1.82, 2.24) is 24.9 Å². The fourth-order valence-electron chi connectivity index (χ4n) is 4.14. The van der Waals surface area contributed by atoms with E-state index in [4.69, 9.17) is 4.74 Å². The number of carbonyl (C=O) groups excluding carboxylic acids is 2. The van der Waals surface area contributed by atoms with E-state index >= 15 is 0 Å². The molecule has 0 aliphatic carbocycles. The van der Waals surface area contributed by atoms with Gasteiger partial charge in [-0.05, 0) is 13.6 Å². The molecule has 0 radical (unpaired) electrons. The summed E-state index contributed by atoms with van der Waals surface area (Å²) in [6, 6.07) is 0. The van der Waals surface area contributed by atoms with Gasteiger partial charge in [0.15, 0.2) is 0 Å². The van der Waals surface area contributed by atoms with E-state index in [1.54, 1.807) is 7.05 Å². The Morgan fingerprint density at radius 1 is 1.04 bits per heavy atom.